The van der Waals surface area contributed by atoms with Gasteiger partial charge in [0, 0.05) is 23.9 Å². The van der Waals surface area contributed by atoms with Crippen LogP contribution in [-0.4, -0.2) is 15.7 Å². The van der Waals surface area contributed by atoms with E-state index in [4.69, 9.17) is 0 Å². The zero-order chi connectivity index (χ0) is 15.9. The molecule has 0 aliphatic carbocycles. The molecule has 1 amide bonds. The molecule has 4 nitrogen and oxygen atoms in total. The highest BCUT2D eigenvalue weighted by atomic mass is 16.1. The van der Waals surface area contributed by atoms with E-state index >= 15 is 0 Å². The molecule has 0 fully saturated rings. The van der Waals surface area contributed by atoms with Gasteiger partial charge in [0.1, 0.15) is 0 Å². The number of allylic oxidation sites excluding steroid dienone is 3. The number of hydrogen-bond donors (Lipinski definition) is 1. The largest absolute Gasteiger partial charge is 0.348 e. The van der Waals surface area contributed by atoms with Gasteiger partial charge in [-0.3, -0.25) is 4.79 Å². The first-order valence-electron chi connectivity index (χ1n) is 7.31. The third-order valence-corrected chi connectivity index (χ3v) is 3.43. The lowest BCUT2D eigenvalue weighted by molar-refractivity contribution is -0.116. The quantitative estimate of drug-likeness (QED) is 0.680. The second-order valence-corrected chi connectivity index (χ2v) is 5.00. The predicted molar refractivity (Wildman–Crippen MR) is 88.8 cm³/mol. The topological polar surface area (TPSA) is 46.9 Å². The van der Waals surface area contributed by atoms with Crippen LogP contribution in [0.5, 0.6) is 0 Å². The summed E-state index contributed by atoms with van der Waals surface area (Å²) in [6, 6.07) is 9.98. The lowest BCUT2D eigenvalue weighted by Gasteiger charge is -2.06. The third-order valence-electron chi connectivity index (χ3n) is 3.43. The Balaban J connectivity index is 2.13. The second-order valence-electron chi connectivity index (χ2n) is 5.00. The Labute approximate surface area is 131 Å². The smallest absolute Gasteiger partial charge is 0.244 e. The van der Waals surface area contributed by atoms with E-state index in [1.54, 1.807) is 6.08 Å². The molecule has 0 spiro atoms. The molecular weight excluding hydrogens is 274 g/mol. The number of hydrogen-bond acceptors (Lipinski definition) is 2. The van der Waals surface area contributed by atoms with Gasteiger partial charge in [-0.2, -0.15) is 5.10 Å². The molecule has 22 heavy (non-hydrogen) atoms. The molecule has 0 aliphatic heterocycles. The van der Waals surface area contributed by atoms with Crippen molar-refractivity contribution in [3.8, 4) is 5.69 Å². The average molecular weight is 295 g/mol. The van der Waals surface area contributed by atoms with Crippen molar-refractivity contribution < 1.29 is 4.79 Å². The predicted octanol–water partition coefficient (Wildman–Crippen LogP) is 3.24. The standard InChI is InChI=1S/C18H21N3O/c1-4-5-7-12-18(22)19-13-17-14(2)20-21(15(17)3)16-10-8-6-9-11-16/h4-12H,13H2,1-3H3,(H,19,22)/b5-4+,12-7+. The highest BCUT2D eigenvalue weighted by Crippen LogP contribution is 2.17. The molecule has 1 aromatic carbocycles. The Bertz CT molecular complexity index is 697. The number of nitrogens with zero attached hydrogens (tertiary/aromatic N) is 2. The van der Waals surface area contributed by atoms with Crippen molar-refractivity contribution in [2.75, 3.05) is 0 Å². The zero-order valence-electron chi connectivity index (χ0n) is 13.2. The van der Waals surface area contributed by atoms with Crippen LogP contribution in [0.15, 0.2) is 54.6 Å². The molecule has 4 heteroatoms. The number of benzene rings is 1. The molecule has 1 aromatic heterocycles. The van der Waals surface area contributed by atoms with Crippen LogP contribution in [0, 0.1) is 13.8 Å². The number of aromatic nitrogens is 2. The summed E-state index contributed by atoms with van der Waals surface area (Å²) in [6.07, 6.45) is 6.94. The lowest BCUT2D eigenvalue weighted by atomic mass is 10.2. The number of carbonyl (C=O) groups is 1. The second kappa shape index (κ2) is 7.41. The number of aryl methyl sites for hydroxylation is 1. The Morgan fingerprint density at radius 3 is 2.64 bits per heavy atom. The van der Waals surface area contributed by atoms with Crippen LogP contribution >= 0.6 is 0 Å². The minimum atomic E-state index is -0.107. The molecule has 0 saturated heterocycles. The number of para-hydroxylation sites is 1. The van der Waals surface area contributed by atoms with Crippen molar-refractivity contribution in [2.45, 2.75) is 27.3 Å². The normalized spacial score (nSPS) is 11.4. The molecular formula is C18H21N3O. The molecule has 0 bridgehead atoms. The van der Waals surface area contributed by atoms with E-state index in [-0.39, 0.29) is 5.91 Å². The van der Waals surface area contributed by atoms with Gasteiger partial charge in [-0.05, 0) is 32.9 Å². The molecule has 1 heterocycles. The first kappa shape index (κ1) is 15.8. The molecule has 0 unspecified atom stereocenters. The summed E-state index contributed by atoms with van der Waals surface area (Å²) in [5.41, 5.74) is 4.05. The number of carbonyl (C=O) groups excluding carboxylic acids is 1. The summed E-state index contributed by atoms with van der Waals surface area (Å²) in [7, 11) is 0. The molecule has 0 aliphatic rings. The molecule has 1 N–H and O–H groups in total. The van der Waals surface area contributed by atoms with E-state index in [2.05, 4.69) is 10.4 Å². The van der Waals surface area contributed by atoms with Crippen molar-refractivity contribution >= 4 is 5.91 Å². The van der Waals surface area contributed by atoms with E-state index in [9.17, 15) is 4.79 Å². The Hall–Kier alpha value is -2.62. The summed E-state index contributed by atoms with van der Waals surface area (Å²) in [5.74, 6) is -0.107. The van der Waals surface area contributed by atoms with E-state index in [0.717, 1.165) is 22.6 Å². The van der Waals surface area contributed by atoms with Crippen LogP contribution in [0.3, 0.4) is 0 Å². The van der Waals surface area contributed by atoms with Crippen molar-refractivity contribution in [1.29, 1.82) is 0 Å². The Morgan fingerprint density at radius 1 is 1.23 bits per heavy atom. The van der Waals surface area contributed by atoms with E-state index in [1.165, 1.54) is 6.08 Å². The van der Waals surface area contributed by atoms with Gasteiger partial charge in [-0.25, -0.2) is 4.68 Å². The molecule has 0 radical (unpaired) electrons. The van der Waals surface area contributed by atoms with Crippen LogP contribution < -0.4 is 5.32 Å². The van der Waals surface area contributed by atoms with Crippen LogP contribution in [0.4, 0.5) is 0 Å². The van der Waals surface area contributed by atoms with E-state index < -0.39 is 0 Å². The highest BCUT2D eigenvalue weighted by molar-refractivity contribution is 5.87. The van der Waals surface area contributed by atoms with Gasteiger partial charge in [-0.15, -0.1) is 0 Å². The van der Waals surface area contributed by atoms with Crippen molar-refractivity contribution in [3.63, 3.8) is 0 Å². The van der Waals surface area contributed by atoms with Crippen molar-refractivity contribution in [2.24, 2.45) is 0 Å². The first-order valence-corrected chi connectivity index (χ1v) is 7.31. The van der Waals surface area contributed by atoms with Gasteiger partial charge >= 0.3 is 0 Å². The van der Waals surface area contributed by atoms with Gasteiger partial charge in [-0.1, -0.05) is 36.4 Å². The molecule has 114 valence electrons. The molecule has 2 aromatic rings. The fraction of sp³-hybridized carbons (Fsp3) is 0.222. The average Bonchev–Trinajstić information content (AvgIpc) is 2.81. The summed E-state index contributed by atoms with van der Waals surface area (Å²) in [4.78, 5) is 11.7. The summed E-state index contributed by atoms with van der Waals surface area (Å²) >= 11 is 0. The van der Waals surface area contributed by atoms with Gasteiger partial charge in [0.15, 0.2) is 0 Å². The van der Waals surface area contributed by atoms with Gasteiger partial charge in [0.05, 0.1) is 11.4 Å². The fourth-order valence-corrected chi connectivity index (χ4v) is 2.24. The Morgan fingerprint density at radius 2 is 1.95 bits per heavy atom. The highest BCUT2D eigenvalue weighted by Gasteiger charge is 2.12. The van der Waals surface area contributed by atoms with Crippen molar-refractivity contribution in [3.05, 3.63) is 71.6 Å². The number of rotatable bonds is 5. The van der Waals surface area contributed by atoms with E-state index in [0.29, 0.717) is 6.54 Å². The minimum Gasteiger partial charge on any atom is -0.348 e. The van der Waals surface area contributed by atoms with Crippen LogP contribution in [0.1, 0.15) is 23.9 Å². The van der Waals surface area contributed by atoms with Crippen molar-refractivity contribution in [1.82, 2.24) is 15.1 Å². The maximum atomic E-state index is 11.7. The van der Waals surface area contributed by atoms with Crippen LogP contribution in [0.2, 0.25) is 0 Å². The first-order chi connectivity index (χ1) is 10.6. The molecule has 2 rings (SSSR count). The fourth-order valence-electron chi connectivity index (χ4n) is 2.24. The van der Waals surface area contributed by atoms with Crippen LogP contribution in [-0.2, 0) is 11.3 Å². The third kappa shape index (κ3) is 3.73. The van der Waals surface area contributed by atoms with Gasteiger partial charge in [0.25, 0.3) is 0 Å². The zero-order valence-corrected chi connectivity index (χ0v) is 13.2. The van der Waals surface area contributed by atoms with E-state index in [1.807, 2.05) is 67.9 Å². The molecule has 0 saturated carbocycles. The van der Waals surface area contributed by atoms with Gasteiger partial charge in [0.2, 0.25) is 5.91 Å². The lowest BCUT2D eigenvalue weighted by Crippen LogP contribution is -2.21. The minimum absolute atomic E-state index is 0.107. The number of amides is 1. The van der Waals surface area contributed by atoms with Gasteiger partial charge < -0.3 is 5.32 Å². The van der Waals surface area contributed by atoms with Crippen LogP contribution in [0.25, 0.3) is 5.69 Å². The summed E-state index contributed by atoms with van der Waals surface area (Å²) in [6.45, 7) is 6.37. The maximum Gasteiger partial charge on any atom is 0.244 e. The summed E-state index contributed by atoms with van der Waals surface area (Å²) in [5, 5.41) is 7.46. The number of nitrogens with one attached hydrogen (secondary N) is 1. The SMILES string of the molecule is C/C=C/C=C/C(=O)NCc1c(C)nn(-c2ccccc2)c1C. The molecule has 0 atom stereocenters. The monoisotopic (exact) mass is 295 g/mol. The summed E-state index contributed by atoms with van der Waals surface area (Å²) < 4.78 is 1.91. The maximum absolute atomic E-state index is 11.7. The Kier molecular flexibility index (Phi) is 5.31.